The molecule has 4 rings (SSSR count). The SMILES string of the molecule is CC1(C(=O)N2C3CCC2C(C(=O)O)C3)CC2CCC1O2. The van der Waals surface area contributed by atoms with Crippen LogP contribution in [0.2, 0.25) is 0 Å². The Kier molecular flexibility index (Phi) is 2.50. The summed E-state index contributed by atoms with van der Waals surface area (Å²) in [6.45, 7) is 2.02. The summed E-state index contributed by atoms with van der Waals surface area (Å²) in [6.07, 6.45) is 5.58. The Morgan fingerprint density at radius 3 is 2.60 bits per heavy atom. The quantitative estimate of drug-likeness (QED) is 0.830. The van der Waals surface area contributed by atoms with Crippen LogP contribution in [0.25, 0.3) is 0 Å². The van der Waals surface area contributed by atoms with Crippen LogP contribution >= 0.6 is 0 Å². The number of hydrogen-bond donors (Lipinski definition) is 1. The molecule has 0 aliphatic carbocycles. The van der Waals surface area contributed by atoms with Gasteiger partial charge >= 0.3 is 5.97 Å². The van der Waals surface area contributed by atoms with Crippen molar-refractivity contribution in [2.45, 2.75) is 69.7 Å². The first-order chi connectivity index (χ1) is 9.50. The van der Waals surface area contributed by atoms with Gasteiger partial charge in [0.05, 0.1) is 23.5 Å². The minimum absolute atomic E-state index is 0.0447. The van der Waals surface area contributed by atoms with Crippen molar-refractivity contribution in [2.24, 2.45) is 11.3 Å². The van der Waals surface area contributed by atoms with Crippen LogP contribution in [-0.4, -0.2) is 46.2 Å². The molecule has 4 fully saturated rings. The topological polar surface area (TPSA) is 66.8 Å². The van der Waals surface area contributed by atoms with E-state index in [9.17, 15) is 14.7 Å². The highest BCUT2D eigenvalue weighted by Gasteiger charge is 2.60. The summed E-state index contributed by atoms with van der Waals surface area (Å²) in [5.74, 6) is -0.953. The fourth-order valence-electron chi connectivity index (χ4n) is 5.02. The number of nitrogens with zero attached hydrogens (tertiary/aromatic N) is 1. The fraction of sp³-hybridized carbons (Fsp3) is 0.867. The number of hydrogen-bond acceptors (Lipinski definition) is 3. The van der Waals surface area contributed by atoms with Gasteiger partial charge in [-0.15, -0.1) is 0 Å². The maximum absolute atomic E-state index is 13.0. The average molecular weight is 279 g/mol. The average Bonchev–Trinajstić information content (AvgIpc) is 3.15. The van der Waals surface area contributed by atoms with E-state index in [0.717, 1.165) is 32.1 Å². The normalized spacial score (nSPS) is 49.0. The summed E-state index contributed by atoms with van der Waals surface area (Å²) < 4.78 is 5.87. The number of rotatable bonds is 2. The van der Waals surface area contributed by atoms with E-state index in [4.69, 9.17) is 4.74 Å². The first-order valence-corrected chi connectivity index (χ1v) is 7.72. The van der Waals surface area contributed by atoms with Gasteiger partial charge in [0.2, 0.25) is 5.91 Å². The Morgan fingerprint density at radius 2 is 2.05 bits per heavy atom. The van der Waals surface area contributed by atoms with E-state index in [1.165, 1.54) is 0 Å². The summed E-state index contributed by atoms with van der Waals surface area (Å²) in [7, 11) is 0. The van der Waals surface area contributed by atoms with Gasteiger partial charge in [0.25, 0.3) is 0 Å². The molecular weight excluding hydrogens is 258 g/mol. The largest absolute Gasteiger partial charge is 0.481 e. The molecule has 0 radical (unpaired) electrons. The van der Waals surface area contributed by atoms with Crippen LogP contribution in [-0.2, 0) is 14.3 Å². The molecule has 0 aromatic carbocycles. The summed E-state index contributed by atoms with van der Waals surface area (Å²) in [4.78, 5) is 26.3. The Labute approximate surface area is 118 Å². The van der Waals surface area contributed by atoms with Crippen molar-refractivity contribution in [3.8, 4) is 0 Å². The van der Waals surface area contributed by atoms with Gasteiger partial charge in [-0.3, -0.25) is 9.59 Å². The van der Waals surface area contributed by atoms with Crippen molar-refractivity contribution >= 4 is 11.9 Å². The maximum atomic E-state index is 13.0. The minimum Gasteiger partial charge on any atom is -0.481 e. The van der Waals surface area contributed by atoms with Gasteiger partial charge in [-0.2, -0.15) is 0 Å². The van der Waals surface area contributed by atoms with E-state index >= 15 is 0 Å². The molecule has 4 saturated heterocycles. The molecule has 110 valence electrons. The lowest BCUT2D eigenvalue weighted by atomic mass is 9.74. The Morgan fingerprint density at radius 1 is 1.25 bits per heavy atom. The van der Waals surface area contributed by atoms with E-state index in [1.807, 2.05) is 11.8 Å². The third-order valence-corrected chi connectivity index (χ3v) is 6.05. The maximum Gasteiger partial charge on any atom is 0.308 e. The number of carbonyl (C=O) groups excluding carboxylic acids is 1. The molecule has 4 bridgehead atoms. The van der Waals surface area contributed by atoms with Crippen LogP contribution in [0, 0.1) is 11.3 Å². The lowest BCUT2D eigenvalue weighted by Crippen LogP contribution is -2.50. The van der Waals surface area contributed by atoms with E-state index in [-0.39, 0.29) is 36.1 Å². The first kappa shape index (κ1) is 12.6. The van der Waals surface area contributed by atoms with Gasteiger partial charge < -0.3 is 14.7 Å². The molecule has 6 unspecified atom stereocenters. The van der Waals surface area contributed by atoms with E-state index < -0.39 is 11.4 Å². The van der Waals surface area contributed by atoms with E-state index in [0.29, 0.717) is 6.42 Å². The molecule has 1 N–H and O–H groups in total. The number of aliphatic carboxylic acids is 1. The second kappa shape index (κ2) is 3.97. The van der Waals surface area contributed by atoms with Crippen LogP contribution in [0.15, 0.2) is 0 Å². The second-order valence-corrected chi connectivity index (χ2v) is 7.14. The number of carbonyl (C=O) groups is 2. The molecule has 4 aliphatic rings. The smallest absolute Gasteiger partial charge is 0.308 e. The summed E-state index contributed by atoms with van der Waals surface area (Å²) >= 11 is 0. The molecule has 4 heterocycles. The zero-order valence-electron chi connectivity index (χ0n) is 11.7. The molecule has 1 amide bonds. The zero-order valence-corrected chi connectivity index (χ0v) is 11.7. The van der Waals surface area contributed by atoms with Crippen LogP contribution in [0.3, 0.4) is 0 Å². The van der Waals surface area contributed by atoms with E-state index in [2.05, 4.69) is 0 Å². The molecule has 0 saturated carbocycles. The molecule has 0 aromatic heterocycles. The number of carboxylic acid groups (broad SMARTS) is 1. The molecule has 4 aliphatic heterocycles. The van der Waals surface area contributed by atoms with Crippen molar-refractivity contribution in [1.29, 1.82) is 0 Å². The third kappa shape index (κ3) is 1.47. The monoisotopic (exact) mass is 279 g/mol. The first-order valence-electron chi connectivity index (χ1n) is 7.72. The molecular formula is C15H21NO4. The molecule has 0 spiro atoms. The highest BCUT2D eigenvalue weighted by Crippen LogP contribution is 2.52. The lowest BCUT2D eigenvalue weighted by Gasteiger charge is -2.36. The summed E-state index contributed by atoms with van der Waals surface area (Å²) in [5.41, 5.74) is -0.419. The van der Waals surface area contributed by atoms with Gasteiger partial charge in [-0.25, -0.2) is 0 Å². The van der Waals surface area contributed by atoms with Gasteiger partial charge in [0.15, 0.2) is 0 Å². The molecule has 6 atom stereocenters. The molecule has 0 aromatic rings. The summed E-state index contributed by atoms with van der Waals surface area (Å²) in [5, 5.41) is 9.31. The number of amides is 1. The molecule has 5 heteroatoms. The van der Waals surface area contributed by atoms with Gasteiger partial charge in [-0.1, -0.05) is 0 Å². The van der Waals surface area contributed by atoms with Gasteiger partial charge in [0, 0.05) is 12.1 Å². The predicted molar refractivity (Wildman–Crippen MR) is 70.0 cm³/mol. The predicted octanol–water partition coefficient (Wildman–Crippen LogP) is 1.41. The van der Waals surface area contributed by atoms with Crippen LogP contribution in [0.4, 0.5) is 0 Å². The van der Waals surface area contributed by atoms with Crippen LogP contribution < -0.4 is 0 Å². The van der Waals surface area contributed by atoms with Crippen molar-refractivity contribution in [2.75, 3.05) is 0 Å². The van der Waals surface area contributed by atoms with Crippen molar-refractivity contribution in [3.63, 3.8) is 0 Å². The highest BCUT2D eigenvalue weighted by atomic mass is 16.5. The van der Waals surface area contributed by atoms with E-state index in [1.54, 1.807) is 0 Å². The standard InChI is InChI=1S/C15H21NO4/c1-15(7-9-3-5-12(15)20-9)14(19)16-8-2-4-11(16)10(6-8)13(17)18/h8-12H,2-7H2,1H3,(H,17,18). The van der Waals surface area contributed by atoms with Crippen molar-refractivity contribution < 1.29 is 19.4 Å². The number of fused-ring (bicyclic) bond motifs is 4. The zero-order chi connectivity index (χ0) is 14.1. The lowest BCUT2D eigenvalue weighted by molar-refractivity contribution is -0.147. The Bertz CT molecular complexity index is 478. The van der Waals surface area contributed by atoms with Crippen molar-refractivity contribution in [3.05, 3.63) is 0 Å². The van der Waals surface area contributed by atoms with Crippen LogP contribution in [0.5, 0.6) is 0 Å². The molecule has 5 nitrogen and oxygen atoms in total. The summed E-state index contributed by atoms with van der Waals surface area (Å²) in [6, 6.07) is 0.0607. The highest BCUT2D eigenvalue weighted by molar-refractivity contribution is 5.86. The Hall–Kier alpha value is -1.10. The van der Waals surface area contributed by atoms with Crippen molar-refractivity contribution in [1.82, 2.24) is 4.90 Å². The number of ether oxygens (including phenoxy) is 1. The third-order valence-electron chi connectivity index (χ3n) is 6.05. The fourth-order valence-corrected chi connectivity index (χ4v) is 5.02. The van der Waals surface area contributed by atoms with Gasteiger partial charge in [0.1, 0.15) is 0 Å². The second-order valence-electron chi connectivity index (χ2n) is 7.14. The minimum atomic E-state index is -0.746. The number of carboxylic acids is 1. The van der Waals surface area contributed by atoms with Gasteiger partial charge in [-0.05, 0) is 45.4 Å². The Balaban J connectivity index is 1.59. The molecule has 20 heavy (non-hydrogen) atoms. The van der Waals surface area contributed by atoms with Crippen LogP contribution in [0.1, 0.15) is 45.4 Å².